The van der Waals surface area contributed by atoms with E-state index in [1.165, 1.54) is 42.7 Å². The predicted octanol–water partition coefficient (Wildman–Crippen LogP) is -0.794. The number of benzene rings is 1. The fourth-order valence-electron chi connectivity index (χ4n) is 2.91. The number of amides is 1. The molecule has 0 radical (unpaired) electrons. The Balaban J connectivity index is 1.81. The van der Waals surface area contributed by atoms with Gasteiger partial charge in [0.1, 0.15) is 12.2 Å². The number of nitrogens with one attached hydrogen (secondary N) is 1. The number of fused-ring (bicyclic) bond motifs is 1. The van der Waals surface area contributed by atoms with E-state index in [9.17, 15) is 29.6 Å². The van der Waals surface area contributed by atoms with E-state index in [1.54, 1.807) is 0 Å². The van der Waals surface area contributed by atoms with Gasteiger partial charge in [-0.1, -0.05) is 0 Å². The maximum Gasteiger partial charge on any atom is 0.332 e. The highest BCUT2D eigenvalue weighted by molar-refractivity contribution is 5.85. The van der Waals surface area contributed by atoms with E-state index in [0.29, 0.717) is 0 Å². The number of rotatable bonds is 6. The van der Waals surface area contributed by atoms with Gasteiger partial charge in [-0.3, -0.25) is 28.8 Å². The van der Waals surface area contributed by atoms with Gasteiger partial charge in [-0.05, 0) is 6.07 Å². The van der Waals surface area contributed by atoms with Gasteiger partial charge < -0.3 is 14.4 Å². The first-order chi connectivity index (χ1) is 14.6. The number of aryl methyl sites for hydroxylation is 1. The van der Waals surface area contributed by atoms with Crippen LogP contribution in [0.3, 0.4) is 0 Å². The van der Waals surface area contributed by atoms with Crippen molar-refractivity contribution in [1.82, 2.24) is 24.1 Å². The molecular weight excluding hydrogens is 414 g/mol. The second-order valence-electron chi connectivity index (χ2n) is 6.39. The normalized spacial score (nSPS) is 11.2. The van der Waals surface area contributed by atoms with Crippen LogP contribution >= 0.6 is 0 Å². The second kappa shape index (κ2) is 8.10. The Labute approximate surface area is 172 Å². The molecule has 0 aliphatic rings. The number of hydrogen-bond donors (Lipinski definition) is 2. The summed E-state index contributed by atoms with van der Waals surface area (Å²) in [7, 11) is 4.01. The maximum absolute atomic E-state index is 12.2. The van der Waals surface area contributed by atoms with E-state index in [4.69, 9.17) is 4.74 Å². The summed E-state index contributed by atoms with van der Waals surface area (Å²) in [6.45, 7) is -0.298. The predicted molar refractivity (Wildman–Crippen MR) is 107 cm³/mol. The molecule has 14 nitrogen and oxygen atoms in total. The van der Waals surface area contributed by atoms with Crippen molar-refractivity contribution in [2.24, 2.45) is 19.2 Å². The third kappa shape index (κ3) is 3.85. The average Bonchev–Trinajstić information content (AvgIpc) is 3.14. The minimum absolute atomic E-state index is 0.0319. The minimum Gasteiger partial charge on any atom is -0.500 e. The molecule has 0 aliphatic heterocycles. The zero-order valence-corrected chi connectivity index (χ0v) is 16.6. The number of nitrogens with zero attached hydrogens (tertiary/aromatic N) is 6. The number of phenolic OH excluding ortho intramolecular Hbond substituents is 1. The fraction of sp³-hybridized carbons (Fsp3) is 0.235. The Morgan fingerprint density at radius 2 is 2.06 bits per heavy atom. The van der Waals surface area contributed by atoms with Crippen molar-refractivity contribution < 1.29 is 19.6 Å². The Morgan fingerprint density at radius 3 is 2.71 bits per heavy atom. The smallest absolute Gasteiger partial charge is 0.332 e. The van der Waals surface area contributed by atoms with Crippen molar-refractivity contribution in [3.05, 3.63) is 55.0 Å². The summed E-state index contributed by atoms with van der Waals surface area (Å²) in [6, 6.07) is 2.36. The molecule has 162 valence electrons. The first-order valence-electron chi connectivity index (χ1n) is 8.63. The van der Waals surface area contributed by atoms with E-state index < -0.39 is 33.5 Å². The zero-order chi connectivity index (χ0) is 22.9. The van der Waals surface area contributed by atoms with Crippen LogP contribution in [0.4, 0.5) is 5.69 Å². The SMILES string of the molecule is COc1cc(C=NNC(=O)Cn2cnc3c(=O)n(C)c(=O)n(C)c32)cc([N+](=O)[O-])c1O. The third-order valence-corrected chi connectivity index (χ3v) is 4.42. The number of hydrazone groups is 1. The molecule has 1 aromatic carbocycles. The van der Waals surface area contributed by atoms with Gasteiger partial charge in [-0.2, -0.15) is 5.10 Å². The van der Waals surface area contributed by atoms with Gasteiger partial charge in [0.15, 0.2) is 11.3 Å². The lowest BCUT2D eigenvalue weighted by Crippen LogP contribution is -2.37. The standard InChI is InChI=1S/C17H17N7O7/c1-21-15-13(16(27)22(2)17(21)28)18-8-23(15)7-12(25)20-19-6-9-4-10(24(29)30)14(26)11(5-9)31-3/h4-6,8,26H,7H2,1-3H3,(H,20,25). The molecule has 0 unspecified atom stereocenters. The number of methoxy groups -OCH3 is 1. The number of hydrogen-bond acceptors (Lipinski definition) is 9. The van der Waals surface area contributed by atoms with Crippen LogP contribution in [0.15, 0.2) is 33.2 Å². The molecule has 0 atom stereocenters. The van der Waals surface area contributed by atoms with Crippen molar-refractivity contribution >= 4 is 29.0 Å². The molecule has 0 bridgehead atoms. The van der Waals surface area contributed by atoms with Crippen LogP contribution in [-0.2, 0) is 25.4 Å². The summed E-state index contributed by atoms with van der Waals surface area (Å²) in [6.07, 6.45) is 2.38. The number of nitro benzene ring substituents is 1. The molecule has 3 aromatic rings. The van der Waals surface area contributed by atoms with Crippen molar-refractivity contribution in [1.29, 1.82) is 0 Å². The molecule has 0 aliphatic carbocycles. The molecular formula is C17H17N7O7. The van der Waals surface area contributed by atoms with Crippen LogP contribution in [0.25, 0.3) is 11.2 Å². The monoisotopic (exact) mass is 431 g/mol. The highest BCUT2D eigenvalue weighted by atomic mass is 16.6. The number of carbonyl (C=O) groups is 1. The Morgan fingerprint density at radius 1 is 1.35 bits per heavy atom. The number of phenols is 1. The Bertz CT molecular complexity index is 1350. The molecule has 14 heteroatoms. The Hall–Kier alpha value is -4.49. The molecule has 2 N–H and O–H groups in total. The second-order valence-corrected chi connectivity index (χ2v) is 6.39. The molecule has 31 heavy (non-hydrogen) atoms. The summed E-state index contributed by atoms with van der Waals surface area (Å²) < 4.78 is 8.31. The van der Waals surface area contributed by atoms with E-state index in [-0.39, 0.29) is 29.0 Å². The van der Waals surface area contributed by atoms with Crippen molar-refractivity contribution in [3.63, 3.8) is 0 Å². The van der Waals surface area contributed by atoms with Crippen LogP contribution in [0.2, 0.25) is 0 Å². The first kappa shape index (κ1) is 21.2. The zero-order valence-electron chi connectivity index (χ0n) is 16.6. The van der Waals surface area contributed by atoms with Gasteiger partial charge in [-0.25, -0.2) is 15.2 Å². The van der Waals surface area contributed by atoms with Crippen molar-refractivity contribution in [2.45, 2.75) is 6.54 Å². The van der Waals surface area contributed by atoms with Crippen LogP contribution in [-0.4, -0.2) is 47.9 Å². The van der Waals surface area contributed by atoms with Gasteiger partial charge in [0.25, 0.3) is 11.5 Å². The number of carbonyl (C=O) groups excluding carboxylic acids is 1. The van der Waals surface area contributed by atoms with E-state index >= 15 is 0 Å². The van der Waals surface area contributed by atoms with Crippen molar-refractivity contribution in [2.75, 3.05) is 7.11 Å². The van der Waals surface area contributed by atoms with E-state index in [1.807, 2.05) is 0 Å². The molecule has 1 amide bonds. The summed E-state index contributed by atoms with van der Waals surface area (Å²) in [4.78, 5) is 50.7. The molecule has 2 heterocycles. The molecule has 3 rings (SSSR count). The quantitative estimate of drug-likeness (QED) is 0.290. The molecule has 0 fully saturated rings. The van der Waals surface area contributed by atoms with Crippen LogP contribution < -0.4 is 21.4 Å². The van der Waals surface area contributed by atoms with Crippen molar-refractivity contribution in [3.8, 4) is 11.5 Å². The summed E-state index contributed by atoms with van der Waals surface area (Å²) in [5.41, 5.74) is 0.894. The number of aromatic nitrogens is 4. The average molecular weight is 431 g/mol. The molecule has 0 saturated carbocycles. The number of aromatic hydroxyl groups is 1. The van der Waals surface area contributed by atoms with E-state index in [2.05, 4.69) is 15.5 Å². The topological polar surface area (TPSA) is 176 Å². The Kier molecular flexibility index (Phi) is 5.54. The lowest BCUT2D eigenvalue weighted by atomic mass is 10.2. The van der Waals surface area contributed by atoms with Crippen LogP contribution in [0.5, 0.6) is 11.5 Å². The number of imidazole rings is 1. The third-order valence-electron chi connectivity index (χ3n) is 4.42. The lowest BCUT2D eigenvalue weighted by Gasteiger charge is -2.08. The molecule has 2 aromatic heterocycles. The summed E-state index contributed by atoms with van der Waals surface area (Å²) in [5, 5.41) is 24.5. The largest absolute Gasteiger partial charge is 0.500 e. The van der Waals surface area contributed by atoms with Gasteiger partial charge >= 0.3 is 11.4 Å². The first-order valence-corrected chi connectivity index (χ1v) is 8.63. The number of ether oxygens (including phenoxy) is 1. The summed E-state index contributed by atoms with van der Waals surface area (Å²) >= 11 is 0. The fourth-order valence-corrected chi connectivity index (χ4v) is 2.91. The van der Waals surface area contributed by atoms with Gasteiger partial charge in [-0.15, -0.1) is 0 Å². The lowest BCUT2D eigenvalue weighted by molar-refractivity contribution is -0.386. The van der Waals surface area contributed by atoms with E-state index in [0.717, 1.165) is 16.8 Å². The highest BCUT2D eigenvalue weighted by Gasteiger charge is 2.19. The van der Waals surface area contributed by atoms with Gasteiger partial charge in [0, 0.05) is 25.7 Å². The van der Waals surface area contributed by atoms with Gasteiger partial charge in [0.05, 0.1) is 24.6 Å². The molecule has 0 spiro atoms. The van der Waals surface area contributed by atoms with Crippen LogP contribution in [0.1, 0.15) is 5.56 Å². The molecule has 0 saturated heterocycles. The number of nitro groups is 1. The minimum atomic E-state index is -0.785. The highest BCUT2D eigenvalue weighted by Crippen LogP contribution is 2.36. The summed E-state index contributed by atoms with van der Waals surface area (Å²) in [5.74, 6) is -1.37. The maximum atomic E-state index is 12.2. The van der Waals surface area contributed by atoms with Gasteiger partial charge in [0.2, 0.25) is 5.75 Å². The van der Waals surface area contributed by atoms with Crippen LogP contribution in [0, 0.1) is 10.1 Å².